The van der Waals surface area contributed by atoms with Crippen LogP contribution >= 0.6 is 11.3 Å². The summed E-state index contributed by atoms with van der Waals surface area (Å²) in [5.74, 6) is -0.348. The van der Waals surface area contributed by atoms with Crippen LogP contribution in [0.1, 0.15) is 25.7 Å². The number of esters is 1. The number of anilines is 1. The summed E-state index contributed by atoms with van der Waals surface area (Å²) in [5.41, 5.74) is 0.425. The molecular formula is C20H24FN3O3S. The Bertz CT molecular complexity index is 871. The molecule has 1 aromatic heterocycles. The van der Waals surface area contributed by atoms with Gasteiger partial charge in [-0.05, 0) is 37.8 Å². The highest BCUT2D eigenvalue weighted by Gasteiger charge is 2.33. The topological polar surface area (TPSA) is 62.7 Å². The third-order valence-corrected chi connectivity index (χ3v) is 6.90. The van der Waals surface area contributed by atoms with Crippen molar-refractivity contribution in [1.29, 1.82) is 0 Å². The van der Waals surface area contributed by atoms with Gasteiger partial charge in [0.2, 0.25) is 5.91 Å². The fourth-order valence-electron chi connectivity index (χ4n) is 4.12. The predicted octanol–water partition coefficient (Wildman–Crippen LogP) is 3.06. The van der Waals surface area contributed by atoms with Gasteiger partial charge in [-0.3, -0.25) is 9.59 Å². The summed E-state index contributed by atoms with van der Waals surface area (Å²) in [6.45, 7) is 2.73. The van der Waals surface area contributed by atoms with E-state index in [9.17, 15) is 14.0 Å². The molecule has 0 aliphatic carbocycles. The molecule has 8 heteroatoms. The van der Waals surface area contributed by atoms with Gasteiger partial charge >= 0.3 is 5.97 Å². The summed E-state index contributed by atoms with van der Waals surface area (Å²) in [6, 6.07) is 5.02. The van der Waals surface area contributed by atoms with Crippen LogP contribution in [0.2, 0.25) is 0 Å². The minimum Gasteiger partial charge on any atom is -0.469 e. The highest BCUT2D eigenvalue weighted by atomic mass is 32.1. The Balaban J connectivity index is 1.33. The number of nitrogens with zero attached hydrogens (tertiary/aromatic N) is 3. The Morgan fingerprint density at radius 2 is 1.79 bits per heavy atom. The summed E-state index contributed by atoms with van der Waals surface area (Å²) in [4.78, 5) is 33.0. The number of fused-ring (bicyclic) bond motifs is 1. The number of ether oxygens (including phenoxy) is 1. The number of thiazole rings is 1. The number of carbonyl (C=O) groups excluding carboxylic acids is 2. The number of hydrogen-bond donors (Lipinski definition) is 0. The number of aromatic nitrogens is 1. The quantitative estimate of drug-likeness (QED) is 0.735. The molecule has 0 atom stereocenters. The van der Waals surface area contributed by atoms with Crippen LogP contribution in [0.3, 0.4) is 0 Å². The van der Waals surface area contributed by atoms with Gasteiger partial charge < -0.3 is 14.5 Å². The third-order valence-electron chi connectivity index (χ3n) is 5.81. The summed E-state index contributed by atoms with van der Waals surface area (Å²) in [6.07, 6.45) is 2.89. The van der Waals surface area contributed by atoms with Crippen molar-refractivity contribution in [3.05, 3.63) is 24.0 Å². The molecule has 2 fully saturated rings. The third kappa shape index (κ3) is 3.70. The molecule has 0 saturated carbocycles. The molecule has 0 radical (unpaired) electrons. The second-order valence-corrected chi connectivity index (χ2v) is 8.48. The SMILES string of the molecule is COC(=O)C1CCN(C(=O)C2CCN(c3nc4c(F)cccc4s3)CC2)CC1. The van der Waals surface area contributed by atoms with E-state index in [0.29, 0.717) is 31.4 Å². The lowest BCUT2D eigenvalue weighted by Gasteiger charge is -2.36. The smallest absolute Gasteiger partial charge is 0.308 e. The number of para-hydroxylation sites is 1. The van der Waals surface area contributed by atoms with E-state index in [-0.39, 0.29) is 29.5 Å². The van der Waals surface area contributed by atoms with Crippen LogP contribution in [0.5, 0.6) is 0 Å². The van der Waals surface area contributed by atoms with E-state index in [1.807, 2.05) is 11.0 Å². The average molecular weight is 405 g/mol. The number of amides is 1. The van der Waals surface area contributed by atoms with Crippen molar-refractivity contribution in [3.63, 3.8) is 0 Å². The first-order valence-electron chi connectivity index (χ1n) is 9.73. The Hall–Kier alpha value is -2.22. The van der Waals surface area contributed by atoms with Gasteiger partial charge in [0.15, 0.2) is 5.13 Å². The summed E-state index contributed by atoms with van der Waals surface area (Å²) in [7, 11) is 1.41. The van der Waals surface area contributed by atoms with Gasteiger partial charge in [0.1, 0.15) is 11.3 Å². The molecule has 1 aromatic carbocycles. The molecule has 0 spiro atoms. The lowest BCUT2D eigenvalue weighted by atomic mass is 9.92. The molecule has 3 heterocycles. The monoisotopic (exact) mass is 405 g/mol. The molecule has 0 bridgehead atoms. The summed E-state index contributed by atoms with van der Waals surface area (Å²) < 4.78 is 19.5. The van der Waals surface area contributed by atoms with Gasteiger partial charge in [0.05, 0.1) is 17.7 Å². The molecule has 4 rings (SSSR count). The second-order valence-electron chi connectivity index (χ2n) is 7.47. The van der Waals surface area contributed by atoms with Crippen molar-refractivity contribution in [1.82, 2.24) is 9.88 Å². The Morgan fingerprint density at radius 3 is 2.43 bits per heavy atom. The molecule has 6 nitrogen and oxygen atoms in total. The van der Waals surface area contributed by atoms with Crippen LogP contribution in [0.25, 0.3) is 10.2 Å². The molecule has 2 aromatic rings. The van der Waals surface area contributed by atoms with Crippen molar-refractivity contribution >= 4 is 38.6 Å². The van der Waals surface area contributed by atoms with Gasteiger partial charge in [0.25, 0.3) is 0 Å². The summed E-state index contributed by atoms with van der Waals surface area (Å²) in [5, 5.41) is 0.824. The van der Waals surface area contributed by atoms with Gasteiger partial charge in [-0.1, -0.05) is 17.4 Å². The van der Waals surface area contributed by atoms with E-state index in [4.69, 9.17) is 4.74 Å². The van der Waals surface area contributed by atoms with Gasteiger partial charge in [-0.25, -0.2) is 9.37 Å². The molecule has 2 aliphatic rings. The summed E-state index contributed by atoms with van der Waals surface area (Å²) >= 11 is 1.50. The van der Waals surface area contributed by atoms with Crippen molar-refractivity contribution in [2.75, 3.05) is 38.2 Å². The zero-order valence-corrected chi connectivity index (χ0v) is 16.7. The molecule has 1 amide bonds. The van der Waals surface area contributed by atoms with E-state index in [2.05, 4.69) is 9.88 Å². The number of likely N-dealkylation sites (tertiary alicyclic amines) is 1. The predicted molar refractivity (Wildman–Crippen MR) is 106 cm³/mol. The van der Waals surface area contributed by atoms with Gasteiger partial charge in [-0.2, -0.15) is 0 Å². The van der Waals surface area contributed by atoms with E-state index in [1.165, 1.54) is 24.5 Å². The van der Waals surface area contributed by atoms with Gasteiger partial charge in [-0.15, -0.1) is 0 Å². The van der Waals surface area contributed by atoms with E-state index in [1.54, 1.807) is 6.07 Å². The van der Waals surface area contributed by atoms with E-state index in [0.717, 1.165) is 35.8 Å². The van der Waals surface area contributed by atoms with Crippen LogP contribution < -0.4 is 4.90 Å². The first-order chi connectivity index (χ1) is 13.6. The zero-order chi connectivity index (χ0) is 19.7. The maximum absolute atomic E-state index is 13.9. The van der Waals surface area contributed by atoms with Crippen LogP contribution in [0, 0.1) is 17.7 Å². The van der Waals surface area contributed by atoms with Gasteiger partial charge in [0, 0.05) is 32.1 Å². The van der Waals surface area contributed by atoms with Crippen molar-refractivity contribution in [2.24, 2.45) is 11.8 Å². The first kappa shape index (κ1) is 19.1. The number of carbonyl (C=O) groups is 2. The average Bonchev–Trinajstić information content (AvgIpc) is 3.19. The Morgan fingerprint density at radius 1 is 1.11 bits per heavy atom. The lowest BCUT2D eigenvalue weighted by molar-refractivity contribution is -0.149. The molecule has 28 heavy (non-hydrogen) atoms. The van der Waals surface area contributed by atoms with Crippen LogP contribution in [-0.2, 0) is 14.3 Å². The molecule has 150 valence electrons. The Kier molecular flexibility index (Phi) is 5.48. The largest absolute Gasteiger partial charge is 0.469 e. The van der Waals surface area contributed by atoms with E-state index >= 15 is 0 Å². The minimum atomic E-state index is -0.291. The molecule has 2 saturated heterocycles. The number of piperidine rings is 2. The van der Waals surface area contributed by atoms with Crippen LogP contribution in [0.15, 0.2) is 18.2 Å². The molecule has 0 N–H and O–H groups in total. The van der Waals surface area contributed by atoms with Crippen molar-refractivity contribution in [2.45, 2.75) is 25.7 Å². The zero-order valence-electron chi connectivity index (χ0n) is 15.9. The number of methoxy groups -OCH3 is 1. The maximum atomic E-state index is 13.9. The minimum absolute atomic E-state index is 0.0111. The number of hydrogen-bond acceptors (Lipinski definition) is 6. The number of halogens is 1. The number of benzene rings is 1. The van der Waals surface area contributed by atoms with Crippen molar-refractivity contribution in [3.8, 4) is 0 Å². The highest BCUT2D eigenvalue weighted by molar-refractivity contribution is 7.22. The Labute approximate surface area is 167 Å². The van der Waals surface area contributed by atoms with Crippen LogP contribution in [-0.4, -0.2) is 55.0 Å². The fraction of sp³-hybridized carbons (Fsp3) is 0.550. The normalized spacial score (nSPS) is 19.2. The standard InChI is InChI=1S/C20H24FN3O3S/c1-27-19(26)14-7-9-23(10-8-14)18(25)13-5-11-24(12-6-13)20-22-17-15(21)3-2-4-16(17)28-20/h2-4,13-14H,5-12H2,1H3. The van der Waals surface area contributed by atoms with E-state index < -0.39 is 0 Å². The number of rotatable bonds is 3. The highest BCUT2D eigenvalue weighted by Crippen LogP contribution is 2.33. The molecule has 2 aliphatic heterocycles. The molecular weight excluding hydrogens is 381 g/mol. The first-order valence-corrected chi connectivity index (χ1v) is 10.5. The van der Waals surface area contributed by atoms with Crippen LogP contribution in [0.4, 0.5) is 9.52 Å². The molecule has 0 unspecified atom stereocenters. The second kappa shape index (κ2) is 8.03. The maximum Gasteiger partial charge on any atom is 0.308 e. The lowest BCUT2D eigenvalue weighted by Crippen LogP contribution is -2.46. The van der Waals surface area contributed by atoms with Crippen molar-refractivity contribution < 1.29 is 18.7 Å². The fourth-order valence-corrected chi connectivity index (χ4v) is 5.15.